The highest BCUT2D eigenvalue weighted by Gasteiger charge is 2.24. The molecule has 2 heterocycles. The van der Waals surface area contributed by atoms with Crippen molar-refractivity contribution in [2.45, 2.75) is 0 Å². The first-order valence-electron chi connectivity index (χ1n) is 8.07. The molecule has 0 saturated carbocycles. The molecule has 2 aromatic carbocycles. The van der Waals surface area contributed by atoms with Gasteiger partial charge in [0.25, 0.3) is 5.91 Å². The van der Waals surface area contributed by atoms with E-state index in [1.54, 1.807) is 12.1 Å². The molecule has 1 aliphatic heterocycles. The Hall–Kier alpha value is -2.47. The van der Waals surface area contributed by atoms with Gasteiger partial charge in [0.1, 0.15) is 0 Å². The highest BCUT2D eigenvalue weighted by atomic mass is 35.5. The van der Waals surface area contributed by atoms with Gasteiger partial charge in [-0.2, -0.15) is 0 Å². The van der Waals surface area contributed by atoms with Gasteiger partial charge in [0, 0.05) is 27.6 Å². The first-order valence-corrected chi connectivity index (χ1v) is 9.64. The summed E-state index contributed by atoms with van der Waals surface area (Å²) in [5, 5.41) is 4.59. The number of carbonyl (C=O) groups excluding carboxylic acids is 1. The van der Waals surface area contributed by atoms with Crippen LogP contribution in [0.1, 0.15) is 5.69 Å². The maximum Gasteiger partial charge on any atom is 0.264 e. The van der Waals surface area contributed by atoms with E-state index in [0.29, 0.717) is 25.8 Å². The number of thioether (sulfide) groups is 1. The minimum Gasteiger partial charge on any atom is -0.317 e. The average molecular weight is 414 g/mol. The van der Waals surface area contributed by atoms with Crippen molar-refractivity contribution in [2.24, 2.45) is 4.99 Å². The fourth-order valence-corrected chi connectivity index (χ4v) is 3.76. The molecule has 134 valence electrons. The quantitative estimate of drug-likeness (QED) is 0.561. The molecule has 4 nitrogen and oxygen atoms in total. The summed E-state index contributed by atoms with van der Waals surface area (Å²) in [6.45, 7) is 0. The second-order valence-corrected chi connectivity index (χ2v) is 7.64. The van der Waals surface area contributed by atoms with Gasteiger partial charge in [-0.25, -0.2) is 4.99 Å². The summed E-state index contributed by atoms with van der Waals surface area (Å²) in [6.07, 6.45) is 3.78. The number of amidine groups is 1. The van der Waals surface area contributed by atoms with Crippen LogP contribution in [0.25, 0.3) is 11.8 Å². The number of nitrogens with zero attached hydrogens (tertiary/aromatic N) is 2. The molecule has 0 atom stereocenters. The van der Waals surface area contributed by atoms with Gasteiger partial charge in [-0.15, -0.1) is 0 Å². The third kappa shape index (κ3) is 4.11. The molecule has 1 saturated heterocycles. The van der Waals surface area contributed by atoms with Crippen LogP contribution in [-0.2, 0) is 4.79 Å². The summed E-state index contributed by atoms with van der Waals surface area (Å²) in [7, 11) is 0. The molecular formula is C20H13Cl2N3OS. The third-order valence-corrected chi connectivity index (χ3v) is 5.25. The maximum absolute atomic E-state index is 12.3. The van der Waals surface area contributed by atoms with Crippen molar-refractivity contribution in [3.63, 3.8) is 0 Å². The number of hydrogen-bond donors (Lipinski definition) is 1. The molecule has 7 heteroatoms. The van der Waals surface area contributed by atoms with Gasteiger partial charge in [-0.1, -0.05) is 29.3 Å². The van der Waals surface area contributed by atoms with Crippen LogP contribution in [0.3, 0.4) is 0 Å². The molecule has 1 aromatic heterocycles. The summed E-state index contributed by atoms with van der Waals surface area (Å²) >= 11 is 13.2. The van der Waals surface area contributed by atoms with Gasteiger partial charge in [-0.3, -0.25) is 4.79 Å². The molecule has 27 heavy (non-hydrogen) atoms. The molecule has 1 N–H and O–H groups in total. The van der Waals surface area contributed by atoms with Gasteiger partial charge in [0.15, 0.2) is 5.17 Å². The Labute approximate surface area is 170 Å². The number of carbonyl (C=O) groups is 1. The first-order chi connectivity index (χ1) is 13.1. The van der Waals surface area contributed by atoms with Crippen molar-refractivity contribution >= 4 is 57.8 Å². The topological polar surface area (TPSA) is 46.4 Å². The van der Waals surface area contributed by atoms with E-state index in [-0.39, 0.29) is 5.91 Å². The number of halogens is 2. The number of amides is 1. The predicted octanol–water partition coefficient (Wildman–Crippen LogP) is 5.68. The van der Waals surface area contributed by atoms with Crippen LogP contribution >= 0.6 is 35.0 Å². The molecular weight excluding hydrogens is 401 g/mol. The molecule has 1 fully saturated rings. The standard InChI is InChI=1S/C20H13Cl2N3OS/c21-13-6-8-16(9-7-13)25-10-2-5-17(25)12-18-19(26)24-20(27-18)23-15-4-1-3-14(22)11-15/h1-12H,(H,23,24,26)/b18-12-. The van der Waals surface area contributed by atoms with E-state index >= 15 is 0 Å². The molecule has 0 bridgehead atoms. The Morgan fingerprint density at radius 1 is 1.00 bits per heavy atom. The molecule has 3 aromatic rings. The van der Waals surface area contributed by atoms with E-state index in [0.717, 1.165) is 11.4 Å². The fourth-order valence-electron chi connectivity index (χ4n) is 2.63. The van der Waals surface area contributed by atoms with E-state index in [1.807, 2.05) is 65.4 Å². The van der Waals surface area contributed by atoms with Gasteiger partial charge in [0.05, 0.1) is 10.6 Å². The number of hydrogen-bond acceptors (Lipinski definition) is 3. The molecule has 0 spiro atoms. The third-order valence-electron chi connectivity index (χ3n) is 3.85. The summed E-state index contributed by atoms with van der Waals surface area (Å²) < 4.78 is 1.99. The molecule has 4 rings (SSSR count). The van der Waals surface area contributed by atoms with Crippen molar-refractivity contribution in [3.8, 4) is 5.69 Å². The fraction of sp³-hybridized carbons (Fsp3) is 0. The normalized spacial score (nSPS) is 16.9. The second-order valence-electron chi connectivity index (χ2n) is 5.74. The Balaban J connectivity index is 1.61. The predicted molar refractivity (Wildman–Crippen MR) is 113 cm³/mol. The van der Waals surface area contributed by atoms with E-state index in [4.69, 9.17) is 23.2 Å². The molecule has 1 aliphatic rings. The van der Waals surface area contributed by atoms with Crippen LogP contribution < -0.4 is 5.32 Å². The number of benzene rings is 2. The summed E-state index contributed by atoms with van der Waals surface area (Å²) in [4.78, 5) is 17.3. The van der Waals surface area contributed by atoms with Crippen LogP contribution in [0, 0.1) is 0 Å². The highest BCUT2D eigenvalue weighted by molar-refractivity contribution is 8.18. The van der Waals surface area contributed by atoms with Crippen LogP contribution in [0.4, 0.5) is 5.69 Å². The number of aliphatic imine (C=N–C) groups is 1. The smallest absolute Gasteiger partial charge is 0.264 e. The minimum absolute atomic E-state index is 0.176. The highest BCUT2D eigenvalue weighted by Crippen LogP contribution is 2.29. The number of aromatic nitrogens is 1. The number of rotatable bonds is 3. The van der Waals surface area contributed by atoms with Crippen molar-refractivity contribution in [1.29, 1.82) is 0 Å². The van der Waals surface area contributed by atoms with Crippen molar-refractivity contribution in [2.75, 3.05) is 0 Å². The second kappa shape index (κ2) is 7.64. The van der Waals surface area contributed by atoms with E-state index in [1.165, 1.54) is 11.8 Å². The van der Waals surface area contributed by atoms with Crippen LogP contribution in [0.15, 0.2) is 76.8 Å². The van der Waals surface area contributed by atoms with E-state index < -0.39 is 0 Å². The maximum atomic E-state index is 12.3. The van der Waals surface area contributed by atoms with Crippen molar-refractivity contribution in [1.82, 2.24) is 9.88 Å². The monoisotopic (exact) mass is 413 g/mol. The van der Waals surface area contributed by atoms with Crippen LogP contribution in [0.2, 0.25) is 10.0 Å². The SMILES string of the molecule is O=C1NC(=Nc2cccc(Cl)c2)S/C1=C\c1cccn1-c1ccc(Cl)cc1. The lowest BCUT2D eigenvalue weighted by Crippen LogP contribution is -2.19. The van der Waals surface area contributed by atoms with E-state index in [2.05, 4.69) is 10.3 Å². The molecule has 0 aliphatic carbocycles. The van der Waals surface area contributed by atoms with Crippen LogP contribution in [0.5, 0.6) is 0 Å². The Kier molecular flexibility index (Phi) is 5.07. The molecule has 0 unspecified atom stereocenters. The lowest BCUT2D eigenvalue weighted by atomic mass is 10.3. The summed E-state index contributed by atoms with van der Waals surface area (Å²) in [6, 6.07) is 18.6. The first kappa shape index (κ1) is 17.9. The summed E-state index contributed by atoms with van der Waals surface area (Å²) in [5.41, 5.74) is 2.54. The van der Waals surface area contributed by atoms with Gasteiger partial charge < -0.3 is 9.88 Å². The van der Waals surface area contributed by atoms with Gasteiger partial charge in [0.2, 0.25) is 0 Å². The van der Waals surface area contributed by atoms with Crippen molar-refractivity contribution < 1.29 is 4.79 Å². The zero-order chi connectivity index (χ0) is 18.8. The summed E-state index contributed by atoms with van der Waals surface area (Å²) in [5.74, 6) is -0.176. The van der Waals surface area contributed by atoms with Gasteiger partial charge in [-0.05, 0) is 72.4 Å². The largest absolute Gasteiger partial charge is 0.317 e. The van der Waals surface area contributed by atoms with E-state index in [9.17, 15) is 4.79 Å². The van der Waals surface area contributed by atoms with Crippen LogP contribution in [-0.4, -0.2) is 15.6 Å². The average Bonchev–Trinajstić information content (AvgIpc) is 3.23. The lowest BCUT2D eigenvalue weighted by Gasteiger charge is -2.06. The lowest BCUT2D eigenvalue weighted by molar-refractivity contribution is -0.115. The Morgan fingerprint density at radius 3 is 2.59 bits per heavy atom. The molecule has 1 amide bonds. The van der Waals surface area contributed by atoms with Gasteiger partial charge >= 0.3 is 0 Å². The zero-order valence-corrected chi connectivity index (χ0v) is 16.2. The molecule has 0 radical (unpaired) electrons. The number of nitrogens with one attached hydrogen (secondary N) is 1. The Morgan fingerprint density at radius 2 is 1.81 bits per heavy atom. The van der Waals surface area contributed by atoms with Crippen molar-refractivity contribution in [3.05, 3.63) is 87.5 Å². The zero-order valence-electron chi connectivity index (χ0n) is 13.9. The Bertz CT molecular complexity index is 1070. The minimum atomic E-state index is -0.176.